The summed E-state index contributed by atoms with van der Waals surface area (Å²) in [4.78, 5) is 0. The Balaban J connectivity index is 1.90. The highest BCUT2D eigenvalue weighted by Crippen LogP contribution is 2.31. The number of nitrogens with one attached hydrogen (secondary N) is 1. The van der Waals surface area contributed by atoms with Crippen LogP contribution in [0.1, 0.15) is 44.7 Å². The molecule has 0 radical (unpaired) electrons. The molecule has 106 valence electrons. The van der Waals surface area contributed by atoms with E-state index < -0.39 is 0 Å². The molecule has 1 aliphatic rings. The minimum Gasteiger partial charge on any atom is -0.507 e. The highest BCUT2D eigenvalue weighted by Gasteiger charge is 2.22. The molecular weight excluding hydrogens is 238 g/mol. The van der Waals surface area contributed by atoms with Gasteiger partial charge in [0.15, 0.2) is 0 Å². The van der Waals surface area contributed by atoms with Gasteiger partial charge in [-0.2, -0.15) is 0 Å². The molecule has 0 saturated heterocycles. The number of aromatic hydroxyl groups is 1. The molecule has 3 nitrogen and oxygen atoms in total. The van der Waals surface area contributed by atoms with E-state index in [0.29, 0.717) is 11.5 Å². The van der Waals surface area contributed by atoms with Crippen molar-refractivity contribution in [1.82, 2.24) is 5.32 Å². The lowest BCUT2D eigenvalue weighted by Gasteiger charge is -2.19. The van der Waals surface area contributed by atoms with E-state index in [-0.39, 0.29) is 6.04 Å². The summed E-state index contributed by atoms with van der Waals surface area (Å²) in [5.41, 5.74) is 0.937. The number of rotatable bonds is 5. The molecule has 1 saturated carbocycles. The zero-order valence-corrected chi connectivity index (χ0v) is 12.1. The van der Waals surface area contributed by atoms with Crippen LogP contribution in [0.5, 0.6) is 11.5 Å². The zero-order chi connectivity index (χ0) is 13.8. The molecule has 3 atom stereocenters. The monoisotopic (exact) mass is 263 g/mol. The standard InChI is InChI=1S/C16H25NO2/c1-11-4-5-13(8-11)10-17-12(2)15-7-6-14(19-3)9-16(15)18/h6-7,9,11-13,17-18H,4-5,8,10H2,1-3H3. The molecule has 1 aromatic carbocycles. The first kappa shape index (κ1) is 14.2. The lowest BCUT2D eigenvalue weighted by atomic mass is 10.0. The van der Waals surface area contributed by atoms with Gasteiger partial charge in [0.25, 0.3) is 0 Å². The SMILES string of the molecule is COc1ccc(C(C)NCC2CCC(C)C2)c(O)c1. The van der Waals surface area contributed by atoms with Gasteiger partial charge in [0.05, 0.1) is 7.11 Å². The summed E-state index contributed by atoms with van der Waals surface area (Å²) in [7, 11) is 1.61. The average Bonchev–Trinajstić information content (AvgIpc) is 2.81. The Labute approximate surface area is 116 Å². The summed E-state index contributed by atoms with van der Waals surface area (Å²) in [6.07, 6.45) is 4.01. The number of benzene rings is 1. The van der Waals surface area contributed by atoms with Crippen molar-refractivity contribution in [3.8, 4) is 11.5 Å². The van der Waals surface area contributed by atoms with Crippen molar-refractivity contribution >= 4 is 0 Å². The minimum atomic E-state index is 0.168. The Morgan fingerprint density at radius 2 is 2.21 bits per heavy atom. The number of phenolic OH excluding ortho intramolecular Hbond substituents is 1. The largest absolute Gasteiger partial charge is 0.507 e. The van der Waals surface area contributed by atoms with Crippen molar-refractivity contribution in [3.05, 3.63) is 23.8 Å². The number of hydrogen-bond donors (Lipinski definition) is 2. The first-order valence-corrected chi connectivity index (χ1v) is 7.20. The third kappa shape index (κ3) is 3.63. The van der Waals surface area contributed by atoms with Crippen molar-refractivity contribution in [2.24, 2.45) is 11.8 Å². The minimum absolute atomic E-state index is 0.168. The Morgan fingerprint density at radius 1 is 1.42 bits per heavy atom. The second-order valence-corrected chi connectivity index (χ2v) is 5.84. The molecule has 2 rings (SSSR count). The van der Waals surface area contributed by atoms with Crippen LogP contribution in [0.25, 0.3) is 0 Å². The molecule has 0 aromatic heterocycles. The maximum Gasteiger partial charge on any atom is 0.124 e. The van der Waals surface area contributed by atoms with Crippen molar-refractivity contribution in [1.29, 1.82) is 0 Å². The van der Waals surface area contributed by atoms with Gasteiger partial charge in [-0.3, -0.25) is 0 Å². The van der Waals surface area contributed by atoms with Crippen molar-refractivity contribution in [2.75, 3.05) is 13.7 Å². The highest BCUT2D eigenvalue weighted by molar-refractivity contribution is 5.41. The van der Waals surface area contributed by atoms with E-state index in [1.165, 1.54) is 19.3 Å². The molecular formula is C16H25NO2. The van der Waals surface area contributed by atoms with Gasteiger partial charge in [-0.05, 0) is 44.2 Å². The molecule has 2 N–H and O–H groups in total. The van der Waals surface area contributed by atoms with Crippen LogP contribution >= 0.6 is 0 Å². The smallest absolute Gasteiger partial charge is 0.124 e. The molecule has 19 heavy (non-hydrogen) atoms. The van der Waals surface area contributed by atoms with Gasteiger partial charge in [-0.15, -0.1) is 0 Å². The maximum absolute atomic E-state index is 10.0. The van der Waals surface area contributed by atoms with E-state index in [4.69, 9.17) is 4.74 Å². The second-order valence-electron chi connectivity index (χ2n) is 5.84. The lowest BCUT2D eigenvalue weighted by Crippen LogP contribution is -2.24. The van der Waals surface area contributed by atoms with Crippen LogP contribution in [0.15, 0.2) is 18.2 Å². The van der Waals surface area contributed by atoms with Crippen LogP contribution in [-0.4, -0.2) is 18.8 Å². The van der Waals surface area contributed by atoms with Crippen LogP contribution in [0.2, 0.25) is 0 Å². The zero-order valence-electron chi connectivity index (χ0n) is 12.1. The van der Waals surface area contributed by atoms with Gasteiger partial charge in [0.1, 0.15) is 11.5 Å². The number of ether oxygens (including phenoxy) is 1. The molecule has 1 aromatic rings. The molecule has 0 spiro atoms. The van der Waals surface area contributed by atoms with Gasteiger partial charge >= 0.3 is 0 Å². The van der Waals surface area contributed by atoms with E-state index in [2.05, 4.69) is 19.2 Å². The summed E-state index contributed by atoms with van der Waals surface area (Å²) in [6.45, 7) is 5.47. The summed E-state index contributed by atoms with van der Waals surface area (Å²) in [5.74, 6) is 2.66. The first-order chi connectivity index (χ1) is 9.10. The van der Waals surface area contributed by atoms with Crippen molar-refractivity contribution in [3.63, 3.8) is 0 Å². The molecule has 0 aliphatic heterocycles. The van der Waals surface area contributed by atoms with Gasteiger partial charge in [0, 0.05) is 17.7 Å². The van der Waals surface area contributed by atoms with Crippen LogP contribution in [0.3, 0.4) is 0 Å². The van der Waals surface area contributed by atoms with Gasteiger partial charge < -0.3 is 15.2 Å². The van der Waals surface area contributed by atoms with Crippen LogP contribution < -0.4 is 10.1 Å². The molecule has 0 bridgehead atoms. The quantitative estimate of drug-likeness (QED) is 0.854. The van der Waals surface area contributed by atoms with Gasteiger partial charge in [-0.25, -0.2) is 0 Å². The Kier molecular flexibility index (Phi) is 4.70. The van der Waals surface area contributed by atoms with E-state index in [1.807, 2.05) is 12.1 Å². The highest BCUT2D eigenvalue weighted by atomic mass is 16.5. The number of phenols is 1. The summed E-state index contributed by atoms with van der Waals surface area (Å²) in [6, 6.07) is 5.67. The predicted molar refractivity (Wildman–Crippen MR) is 77.6 cm³/mol. The first-order valence-electron chi connectivity index (χ1n) is 7.20. The molecule has 0 heterocycles. The normalized spacial score (nSPS) is 24.4. The molecule has 3 unspecified atom stereocenters. The summed E-state index contributed by atoms with van der Waals surface area (Å²) in [5, 5.41) is 13.5. The Bertz CT molecular complexity index is 419. The second kappa shape index (κ2) is 6.29. The molecule has 0 amide bonds. The van der Waals surface area contributed by atoms with Crippen molar-refractivity contribution < 1.29 is 9.84 Å². The van der Waals surface area contributed by atoms with E-state index in [1.54, 1.807) is 13.2 Å². The maximum atomic E-state index is 10.0. The fourth-order valence-electron chi connectivity index (χ4n) is 2.98. The lowest BCUT2D eigenvalue weighted by molar-refractivity contribution is 0.400. The number of methoxy groups -OCH3 is 1. The summed E-state index contributed by atoms with van der Waals surface area (Å²) >= 11 is 0. The summed E-state index contributed by atoms with van der Waals surface area (Å²) < 4.78 is 5.10. The average molecular weight is 263 g/mol. The topological polar surface area (TPSA) is 41.5 Å². The van der Waals surface area contributed by atoms with Crippen LogP contribution in [0.4, 0.5) is 0 Å². The van der Waals surface area contributed by atoms with Crippen LogP contribution in [-0.2, 0) is 0 Å². The van der Waals surface area contributed by atoms with Gasteiger partial charge in [-0.1, -0.05) is 19.4 Å². The third-order valence-corrected chi connectivity index (χ3v) is 4.22. The van der Waals surface area contributed by atoms with E-state index in [9.17, 15) is 5.11 Å². The van der Waals surface area contributed by atoms with Crippen molar-refractivity contribution in [2.45, 2.75) is 39.2 Å². The molecule has 1 aliphatic carbocycles. The third-order valence-electron chi connectivity index (χ3n) is 4.22. The fraction of sp³-hybridized carbons (Fsp3) is 0.625. The Hall–Kier alpha value is -1.22. The fourth-order valence-corrected chi connectivity index (χ4v) is 2.98. The number of hydrogen-bond acceptors (Lipinski definition) is 3. The Morgan fingerprint density at radius 3 is 2.79 bits per heavy atom. The predicted octanol–water partition coefficient (Wildman–Crippen LogP) is 3.49. The molecule has 1 fully saturated rings. The van der Waals surface area contributed by atoms with Gasteiger partial charge in [0.2, 0.25) is 0 Å². The van der Waals surface area contributed by atoms with Crippen LogP contribution in [0, 0.1) is 11.8 Å². The van der Waals surface area contributed by atoms with E-state index in [0.717, 1.165) is 23.9 Å². The van der Waals surface area contributed by atoms with E-state index >= 15 is 0 Å². The molecule has 3 heteroatoms.